The van der Waals surface area contributed by atoms with Crippen LogP contribution in [-0.2, 0) is 19.6 Å². The zero-order valence-electron chi connectivity index (χ0n) is 15.1. The van der Waals surface area contributed by atoms with Crippen LogP contribution in [0.5, 0.6) is 0 Å². The molecule has 3 rings (SSSR count). The zero-order chi connectivity index (χ0) is 20.3. The van der Waals surface area contributed by atoms with Gasteiger partial charge in [-0.2, -0.15) is 0 Å². The maximum atomic E-state index is 13.5. The number of anilines is 2. The van der Waals surface area contributed by atoms with Crippen LogP contribution in [0.3, 0.4) is 0 Å². The SMILES string of the molecule is Cc1ccc(NC(=O)COC(=O)c2cccc(N3CCCS3(=O)=O)c2)cc1F. The van der Waals surface area contributed by atoms with Gasteiger partial charge >= 0.3 is 5.97 Å². The van der Waals surface area contributed by atoms with Gasteiger partial charge in [-0.25, -0.2) is 17.6 Å². The fourth-order valence-electron chi connectivity index (χ4n) is 2.80. The first-order valence-electron chi connectivity index (χ1n) is 8.60. The highest BCUT2D eigenvalue weighted by molar-refractivity contribution is 7.93. The van der Waals surface area contributed by atoms with Crippen molar-refractivity contribution in [3.8, 4) is 0 Å². The van der Waals surface area contributed by atoms with Crippen molar-refractivity contribution in [1.82, 2.24) is 0 Å². The number of hydrogen-bond acceptors (Lipinski definition) is 5. The van der Waals surface area contributed by atoms with Gasteiger partial charge in [-0.1, -0.05) is 12.1 Å². The Morgan fingerprint density at radius 3 is 2.68 bits per heavy atom. The molecule has 0 bridgehead atoms. The van der Waals surface area contributed by atoms with Crippen LogP contribution in [0.15, 0.2) is 42.5 Å². The second-order valence-electron chi connectivity index (χ2n) is 6.38. The molecule has 0 aromatic heterocycles. The van der Waals surface area contributed by atoms with Gasteiger partial charge in [-0.3, -0.25) is 9.10 Å². The molecule has 2 aromatic rings. The summed E-state index contributed by atoms with van der Waals surface area (Å²) in [6, 6.07) is 10.3. The Balaban J connectivity index is 1.61. The normalized spacial score (nSPS) is 15.3. The molecule has 0 radical (unpaired) electrons. The number of hydrogen-bond donors (Lipinski definition) is 1. The van der Waals surface area contributed by atoms with E-state index in [9.17, 15) is 22.4 Å². The third-order valence-electron chi connectivity index (χ3n) is 4.26. The van der Waals surface area contributed by atoms with Crippen molar-refractivity contribution in [3.05, 3.63) is 59.4 Å². The van der Waals surface area contributed by atoms with Gasteiger partial charge in [0.25, 0.3) is 5.91 Å². The molecule has 1 heterocycles. The number of sulfonamides is 1. The summed E-state index contributed by atoms with van der Waals surface area (Å²) in [4.78, 5) is 24.1. The topological polar surface area (TPSA) is 92.8 Å². The van der Waals surface area contributed by atoms with Crippen LogP contribution in [0.25, 0.3) is 0 Å². The molecule has 1 aliphatic heterocycles. The van der Waals surface area contributed by atoms with E-state index in [1.165, 1.54) is 34.6 Å². The van der Waals surface area contributed by atoms with E-state index >= 15 is 0 Å². The first kappa shape index (κ1) is 19.8. The van der Waals surface area contributed by atoms with E-state index in [-0.39, 0.29) is 17.0 Å². The maximum Gasteiger partial charge on any atom is 0.338 e. The van der Waals surface area contributed by atoms with Gasteiger partial charge in [-0.05, 0) is 49.2 Å². The van der Waals surface area contributed by atoms with Crippen LogP contribution in [0.1, 0.15) is 22.3 Å². The van der Waals surface area contributed by atoms with E-state index < -0.39 is 34.3 Å². The molecule has 0 spiro atoms. The number of benzene rings is 2. The van der Waals surface area contributed by atoms with Crippen molar-refractivity contribution >= 4 is 33.3 Å². The molecule has 0 saturated carbocycles. The molecule has 1 fully saturated rings. The number of ether oxygens (including phenoxy) is 1. The van der Waals surface area contributed by atoms with Gasteiger partial charge < -0.3 is 10.1 Å². The van der Waals surface area contributed by atoms with Crippen molar-refractivity contribution in [2.75, 3.05) is 28.5 Å². The van der Waals surface area contributed by atoms with Crippen LogP contribution >= 0.6 is 0 Å². The van der Waals surface area contributed by atoms with Crippen LogP contribution in [0, 0.1) is 12.7 Å². The zero-order valence-corrected chi connectivity index (χ0v) is 16.0. The summed E-state index contributed by atoms with van der Waals surface area (Å²) in [6.45, 7) is 1.40. The maximum absolute atomic E-state index is 13.5. The van der Waals surface area contributed by atoms with Gasteiger partial charge in [0.05, 0.1) is 17.0 Å². The van der Waals surface area contributed by atoms with Crippen LogP contribution < -0.4 is 9.62 Å². The molecule has 1 N–H and O–H groups in total. The molecule has 1 aliphatic rings. The minimum Gasteiger partial charge on any atom is -0.452 e. The first-order chi connectivity index (χ1) is 13.3. The fraction of sp³-hybridized carbons (Fsp3) is 0.263. The van der Waals surface area contributed by atoms with Crippen molar-refractivity contribution in [3.63, 3.8) is 0 Å². The summed E-state index contributed by atoms with van der Waals surface area (Å²) in [5.41, 5.74) is 1.22. The van der Waals surface area contributed by atoms with E-state index in [0.29, 0.717) is 24.2 Å². The quantitative estimate of drug-likeness (QED) is 0.770. The minimum atomic E-state index is -3.36. The highest BCUT2D eigenvalue weighted by Crippen LogP contribution is 2.25. The molecule has 1 amide bonds. The fourth-order valence-corrected chi connectivity index (χ4v) is 4.36. The Labute approximate surface area is 162 Å². The lowest BCUT2D eigenvalue weighted by molar-refractivity contribution is -0.119. The monoisotopic (exact) mass is 406 g/mol. The lowest BCUT2D eigenvalue weighted by Crippen LogP contribution is -2.25. The standard InChI is InChI=1S/C19H19FN2O5S/c1-13-6-7-15(11-17(13)20)21-18(23)12-27-19(24)14-4-2-5-16(10-14)22-8-3-9-28(22,25)26/h2,4-7,10-11H,3,8-9,12H2,1H3,(H,21,23). The van der Waals surface area contributed by atoms with E-state index in [1.54, 1.807) is 19.1 Å². The predicted octanol–water partition coefficient (Wildman–Crippen LogP) is 2.47. The molecule has 9 heteroatoms. The number of aryl methyl sites for hydroxylation is 1. The van der Waals surface area contributed by atoms with Gasteiger partial charge in [-0.15, -0.1) is 0 Å². The Morgan fingerprint density at radius 2 is 2.00 bits per heavy atom. The molecule has 2 aromatic carbocycles. The number of nitrogens with zero attached hydrogens (tertiary/aromatic N) is 1. The number of nitrogens with one attached hydrogen (secondary N) is 1. The third kappa shape index (κ3) is 4.48. The number of carbonyl (C=O) groups excluding carboxylic acids is 2. The van der Waals surface area contributed by atoms with E-state index in [1.807, 2.05) is 0 Å². The van der Waals surface area contributed by atoms with E-state index in [0.717, 1.165) is 0 Å². The predicted molar refractivity (Wildman–Crippen MR) is 102 cm³/mol. The molecule has 148 valence electrons. The largest absolute Gasteiger partial charge is 0.452 e. The van der Waals surface area contributed by atoms with Gasteiger partial charge in [0.2, 0.25) is 10.0 Å². The van der Waals surface area contributed by atoms with Gasteiger partial charge in [0.15, 0.2) is 6.61 Å². The highest BCUT2D eigenvalue weighted by atomic mass is 32.2. The Bertz CT molecular complexity index is 1020. The summed E-state index contributed by atoms with van der Waals surface area (Å²) in [6.07, 6.45) is 0.525. The number of esters is 1. The lowest BCUT2D eigenvalue weighted by atomic mass is 10.2. The average molecular weight is 406 g/mol. The molecule has 7 nitrogen and oxygen atoms in total. The molecular weight excluding hydrogens is 387 g/mol. The first-order valence-corrected chi connectivity index (χ1v) is 10.2. The van der Waals surface area contributed by atoms with Crippen molar-refractivity contribution in [2.24, 2.45) is 0 Å². The van der Waals surface area contributed by atoms with Crippen molar-refractivity contribution < 1.29 is 27.1 Å². The summed E-state index contributed by atoms with van der Waals surface area (Å²) >= 11 is 0. The molecule has 0 unspecified atom stereocenters. The summed E-state index contributed by atoms with van der Waals surface area (Å²) < 4.78 is 43.7. The smallest absolute Gasteiger partial charge is 0.338 e. The number of carbonyl (C=O) groups is 2. The molecular formula is C19H19FN2O5S. The van der Waals surface area contributed by atoms with Crippen LogP contribution in [0.2, 0.25) is 0 Å². The Kier molecular flexibility index (Phi) is 5.64. The Hall–Kier alpha value is -2.94. The molecule has 1 saturated heterocycles. The van der Waals surface area contributed by atoms with E-state index in [4.69, 9.17) is 4.74 Å². The van der Waals surface area contributed by atoms with Crippen LogP contribution in [-0.4, -0.2) is 39.2 Å². The lowest BCUT2D eigenvalue weighted by Gasteiger charge is -2.17. The summed E-state index contributed by atoms with van der Waals surface area (Å²) in [5, 5.41) is 2.44. The summed E-state index contributed by atoms with van der Waals surface area (Å²) in [5.74, 6) is -1.76. The average Bonchev–Trinajstić information content (AvgIpc) is 3.02. The Morgan fingerprint density at radius 1 is 1.21 bits per heavy atom. The number of rotatable bonds is 5. The minimum absolute atomic E-state index is 0.0709. The number of halogens is 1. The molecule has 0 atom stereocenters. The number of amides is 1. The van der Waals surface area contributed by atoms with Crippen molar-refractivity contribution in [1.29, 1.82) is 0 Å². The van der Waals surface area contributed by atoms with Gasteiger partial charge in [0, 0.05) is 12.2 Å². The van der Waals surface area contributed by atoms with Gasteiger partial charge in [0.1, 0.15) is 5.82 Å². The highest BCUT2D eigenvalue weighted by Gasteiger charge is 2.28. The molecule has 0 aliphatic carbocycles. The van der Waals surface area contributed by atoms with Crippen LogP contribution in [0.4, 0.5) is 15.8 Å². The van der Waals surface area contributed by atoms with Crippen molar-refractivity contribution in [2.45, 2.75) is 13.3 Å². The second-order valence-corrected chi connectivity index (χ2v) is 8.39. The second kappa shape index (κ2) is 7.97. The molecule has 28 heavy (non-hydrogen) atoms. The summed E-state index contributed by atoms with van der Waals surface area (Å²) in [7, 11) is -3.36. The van der Waals surface area contributed by atoms with E-state index in [2.05, 4.69) is 5.32 Å². The third-order valence-corrected chi connectivity index (χ3v) is 6.13.